The monoisotopic (exact) mass is 466 g/mol. The minimum absolute atomic E-state index is 0.0604. The second kappa shape index (κ2) is 7.56. The van der Waals surface area contributed by atoms with E-state index >= 15 is 0 Å². The molecule has 1 unspecified atom stereocenters. The molecule has 0 spiro atoms. The summed E-state index contributed by atoms with van der Waals surface area (Å²) in [6.45, 7) is 3.69. The highest BCUT2D eigenvalue weighted by molar-refractivity contribution is 6.31. The van der Waals surface area contributed by atoms with E-state index in [0.717, 1.165) is 5.56 Å². The first-order valence-electron chi connectivity index (χ1n) is 10.7. The number of benzene rings is 2. The number of hydrogen-bond acceptors (Lipinski definition) is 6. The Kier molecular flexibility index (Phi) is 4.90. The molecule has 0 radical (unpaired) electrons. The predicted octanol–water partition coefficient (Wildman–Crippen LogP) is 4.42. The van der Waals surface area contributed by atoms with E-state index < -0.39 is 11.4 Å². The molecule has 2 aliphatic heterocycles. The Balaban J connectivity index is 1.83. The summed E-state index contributed by atoms with van der Waals surface area (Å²) in [5.74, 6) is -0.126. The first-order chi connectivity index (χ1) is 15.7. The molecular formula is C25H23ClN2O5. The average Bonchev–Trinajstić information content (AvgIpc) is 3.24. The van der Waals surface area contributed by atoms with Crippen LogP contribution in [0.3, 0.4) is 0 Å². The number of Topliss-reactive ketones (excluding diaryl/α,β-unsaturated/α-hetero) is 1. The van der Waals surface area contributed by atoms with Gasteiger partial charge in [0.1, 0.15) is 5.82 Å². The molecule has 0 fully saturated rings. The van der Waals surface area contributed by atoms with Crippen LogP contribution in [0.15, 0.2) is 59.1 Å². The van der Waals surface area contributed by atoms with Crippen LogP contribution in [0, 0.1) is 6.92 Å². The molecule has 0 saturated heterocycles. The molecule has 2 aromatic rings. The zero-order chi connectivity index (χ0) is 23.5. The number of carbonyl (C=O) groups excluding carboxylic acids is 1. The maximum atomic E-state index is 13.4. The lowest BCUT2D eigenvalue weighted by Gasteiger charge is -2.46. The number of anilines is 1. The molecule has 0 amide bonds. The van der Waals surface area contributed by atoms with Crippen LogP contribution in [-0.4, -0.2) is 23.7 Å². The third kappa shape index (κ3) is 3.03. The quantitative estimate of drug-likeness (QED) is 0.690. The van der Waals surface area contributed by atoms with Crippen LogP contribution in [0.1, 0.15) is 37.3 Å². The van der Waals surface area contributed by atoms with Gasteiger partial charge in [-0.1, -0.05) is 23.7 Å². The first-order valence-corrected chi connectivity index (χ1v) is 11.1. The van der Waals surface area contributed by atoms with Crippen LogP contribution in [0.2, 0.25) is 5.02 Å². The molecule has 0 aromatic heterocycles. The Morgan fingerprint density at radius 3 is 2.70 bits per heavy atom. The van der Waals surface area contributed by atoms with Gasteiger partial charge in [0.25, 0.3) is 0 Å². The number of rotatable bonds is 3. The average molecular weight is 467 g/mol. The van der Waals surface area contributed by atoms with E-state index in [0.29, 0.717) is 58.3 Å². The van der Waals surface area contributed by atoms with Crippen molar-refractivity contribution in [1.29, 1.82) is 0 Å². The van der Waals surface area contributed by atoms with E-state index in [2.05, 4.69) is 0 Å². The second-order valence-electron chi connectivity index (χ2n) is 8.58. The Bertz CT molecular complexity index is 1280. The van der Waals surface area contributed by atoms with Gasteiger partial charge in [0.2, 0.25) is 6.79 Å². The summed E-state index contributed by atoms with van der Waals surface area (Å²) < 4.78 is 11.0. The van der Waals surface area contributed by atoms with Crippen molar-refractivity contribution in [1.82, 2.24) is 0 Å². The number of hydrogen-bond donors (Lipinski definition) is 2. The third-order valence-electron chi connectivity index (χ3n) is 6.80. The Hall–Kier alpha value is -3.45. The molecule has 0 saturated carbocycles. The number of halogens is 1. The number of aliphatic carboxylic acids is 1. The van der Waals surface area contributed by atoms with Crippen molar-refractivity contribution in [2.45, 2.75) is 38.5 Å². The van der Waals surface area contributed by atoms with Crippen molar-refractivity contribution in [2.24, 2.45) is 5.73 Å². The maximum absolute atomic E-state index is 13.4. The fourth-order valence-electron chi connectivity index (χ4n) is 5.19. The van der Waals surface area contributed by atoms with Crippen molar-refractivity contribution in [3.8, 4) is 11.5 Å². The Labute approximate surface area is 196 Å². The van der Waals surface area contributed by atoms with Crippen LogP contribution in [0.25, 0.3) is 0 Å². The number of carboxylic acids is 1. The minimum Gasteiger partial charge on any atom is -0.478 e. The molecule has 2 heterocycles. The molecule has 33 heavy (non-hydrogen) atoms. The highest BCUT2D eigenvalue weighted by Crippen LogP contribution is 2.52. The number of nitrogens with zero attached hydrogens (tertiary/aromatic N) is 1. The zero-order valence-electron chi connectivity index (χ0n) is 18.3. The summed E-state index contributed by atoms with van der Waals surface area (Å²) in [5.41, 5.74) is 8.48. The van der Waals surface area contributed by atoms with Gasteiger partial charge < -0.3 is 20.3 Å². The summed E-state index contributed by atoms with van der Waals surface area (Å²) in [4.78, 5) is 27.8. The van der Waals surface area contributed by atoms with Crippen molar-refractivity contribution in [3.05, 3.63) is 75.2 Å². The molecule has 7 nitrogen and oxygen atoms in total. The molecule has 0 bridgehead atoms. The maximum Gasteiger partial charge on any atom is 0.336 e. The van der Waals surface area contributed by atoms with Gasteiger partial charge in [-0.15, -0.1) is 0 Å². The number of nitrogens with two attached hydrogens (primary N) is 1. The SMILES string of the molecule is Cc1c(Cl)cccc1N1C(N)=C(C(=O)O)C(C)(c2ccc3c(c2)OCO3)C2=C1CCCC2=O. The predicted molar refractivity (Wildman–Crippen MR) is 123 cm³/mol. The van der Waals surface area contributed by atoms with Gasteiger partial charge in [-0.3, -0.25) is 9.69 Å². The summed E-state index contributed by atoms with van der Waals surface area (Å²) in [6.07, 6.45) is 1.58. The Morgan fingerprint density at radius 2 is 1.94 bits per heavy atom. The van der Waals surface area contributed by atoms with E-state index in [1.54, 1.807) is 42.2 Å². The van der Waals surface area contributed by atoms with Crippen LogP contribution in [-0.2, 0) is 15.0 Å². The fraction of sp³-hybridized carbons (Fsp3) is 0.280. The van der Waals surface area contributed by atoms with E-state index in [4.69, 9.17) is 26.8 Å². The molecule has 2 aromatic carbocycles. The summed E-state index contributed by atoms with van der Waals surface area (Å²) in [7, 11) is 0. The van der Waals surface area contributed by atoms with Crippen molar-refractivity contribution in [2.75, 3.05) is 11.7 Å². The molecule has 8 heteroatoms. The number of carbonyl (C=O) groups is 2. The van der Waals surface area contributed by atoms with Gasteiger partial charge in [0.15, 0.2) is 17.3 Å². The summed E-state index contributed by atoms with van der Waals surface area (Å²) in [6, 6.07) is 10.6. The molecule has 3 aliphatic rings. The lowest BCUT2D eigenvalue weighted by Crippen LogP contribution is -2.48. The third-order valence-corrected chi connectivity index (χ3v) is 7.21. The lowest BCUT2D eigenvalue weighted by atomic mass is 9.64. The van der Waals surface area contributed by atoms with Crippen molar-refractivity contribution < 1.29 is 24.2 Å². The summed E-state index contributed by atoms with van der Waals surface area (Å²) in [5, 5.41) is 10.9. The van der Waals surface area contributed by atoms with Crippen molar-refractivity contribution >= 4 is 29.0 Å². The van der Waals surface area contributed by atoms with Gasteiger partial charge >= 0.3 is 5.97 Å². The van der Waals surface area contributed by atoms with Crippen LogP contribution >= 0.6 is 11.6 Å². The Morgan fingerprint density at radius 1 is 1.18 bits per heavy atom. The first kappa shape index (κ1) is 21.4. The highest BCUT2D eigenvalue weighted by atomic mass is 35.5. The molecule has 1 aliphatic carbocycles. The van der Waals surface area contributed by atoms with Crippen LogP contribution in [0.5, 0.6) is 11.5 Å². The molecule has 3 N–H and O–H groups in total. The molecule has 170 valence electrons. The van der Waals surface area contributed by atoms with E-state index in [-0.39, 0.29) is 24.0 Å². The van der Waals surface area contributed by atoms with Crippen LogP contribution in [0.4, 0.5) is 5.69 Å². The fourth-order valence-corrected chi connectivity index (χ4v) is 5.36. The van der Waals surface area contributed by atoms with Gasteiger partial charge in [-0.25, -0.2) is 4.79 Å². The van der Waals surface area contributed by atoms with E-state index in [1.807, 2.05) is 13.0 Å². The van der Waals surface area contributed by atoms with Gasteiger partial charge in [-0.2, -0.15) is 0 Å². The van der Waals surface area contributed by atoms with Gasteiger partial charge in [0.05, 0.1) is 16.7 Å². The van der Waals surface area contributed by atoms with E-state index in [9.17, 15) is 14.7 Å². The number of allylic oxidation sites excluding steroid dienone is 2. The van der Waals surface area contributed by atoms with E-state index in [1.165, 1.54) is 0 Å². The number of fused-ring (bicyclic) bond motifs is 1. The van der Waals surface area contributed by atoms with Gasteiger partial charge in [-0.05, 0) is 62.1 Å². The minimum atomic E-state index is -1.27. The largest absolute Gasteiger partial charge is 0.478 e. The lowest BCUT2D eigenvalue weighted by molar-refractivity contribution is -0.133. The summed E-state index contributed by atoms with van der Waals surface area (Å²) >= 11 is 6.38. The molecular weight excluding hydrogens is 444 g/mol. The highest BCUT2D eigenvalue weighted by Gasteiger charge is 2.51. The number of ether oxygens (including phenoxy) is 2. The van der Waals surface area contributed by atoms with Crippen molar-refractivity contribution in [3.63, 3.8) is 0 Å². The zero-order valence-corrected chi connectivity index (χ0v) is 19.0. The smallest absolute Gasteiger partial charge is 0.336 e. The second-order valence-corrected chi connectivity index (χ2v) is 8.98. The number of carboxylic acid groups (broad SMARTS) is 1. The van der Waals surface area contributed by atoms with Crippen LogP contribution < -0.4 is 20.1 Å². The molecule has 5 rings (SSSR count). The van der Waals surface area contributed by atoms with Gasteiger partial charge in [0, 0.05) is 22.7 Å². The standard InChI is InChI=1S/C25H23ClN2O5/c1-13-15(26)5-3-6-16(13)28-17-7-4-8-18(29)21(17)25(2,22(23(28)27)24(30)31)14-9-10-19-20(11-14)33-12-32-19/h3,5-6,9-11H,4,7-8,12,27H2,1-2H3,(H,30,31). The normalized spacial score (nSPS) is 22.0. The molecule has 1 atom stereocenters. The topological polar surface area (TPSA) is 102 Å². The number of ketones is 1.